The Kier molecular flexibility index (Phi) is 3.52. The molecule has 3 N–H and O–H groups in total. The van der Waals surface area contributed by atoms with Crippen LogP contribution in [0.25, 0.3) is 10.9 Å². The molecule has 0 bridgehead atoms. The van der Waals surface area contributed by atoms with E-state index in [9.17, 15) is 9.59 Å². The van der Waals surface area contributed by atoms with Gasteiger partial charge < -0.3 is 10.4 Å². The predicted molar refractivity (Wildman–Crippen MR) is 82.5 cm³/mol. The number of fused-ring (bicyclic) bond motifs is 1. The molecule has 0 aliphatic rings. The van der Waals surface area contributed by atoms with Gasteiger partial charge in [0.15, 0.2) is 0 Å². The lowest BCUT2D eigenvalue weighted by atomic mass is 10.1. The zero-order chi connectivity index (χ0) is 15.7. The number of aromatic carboxylic acids is 1. The Bertz CT molecular complexity index is 871. The molecule has 3 rings (SSSR count). The monoisotopic (exact) mass is 315 g/mol. The van der Waals surface area contributed by atoms with Crippen molar-refractivity contribution in [2.45, 2.75) is 0 Å². The van der Waals surface area contributed by atoms with Crippen LogP contribution in [-0.2, 0) is 0 Å². The summed E-state index contributed by atoms with van der Waals surface area (Å²) in [5.74, 6) is -1.37. The number of carboxylic acid groups (broad SMARTS) is 1. The van der Waals surface area contributed by atoms with Gasteiger partial charge in [0.1, 0.15) is 0 Å². The highest BCUT2D eigenvalue weighted by molar-refractivity contribution is 6.32. The third kappa shape index (κ3) is 2.64. The summed E-state index contributed by atoms with van der Waals surface area (Å²) in [6, 6.07) is 9.13. The summed E-state index contributed by atoms with van der Waals surface area (Å²) in [6.07, 6.45) is 1.55. The third-order valence-corrected chi connectivity index (χ3v) is 3.38. The molecule has 0 saturated heterocycles. The molecule has 1 amide bonds. The first-order valence-electron chi connectivity index (χ1n) is 6.32. The van der Waals surface area contributed by atoms with Gasteiger partial charge >= 0.3 is 5.97 Å². The van der Waals surface area contributed by atoms with Crippen molar-refractivity contribution in [2.24, 2.45) is 0 Å². The Morgan fingerprint density at radius 2 is 1.91 bits per heavy atom. The van der Waals surface area contributed by atoms with E-state index in [-0.39, 0.29) is 11.5 Å². The van der Waals surface area contributed by atoms with Gasteiger partial charge in [-0.15, -0.1) is 0 Å². The number of nitrogens with zero attached hydrogens (tertiary/aromatic N) is 1. The number of benzene rings is 2. The van der Waals surface area contributed by atoms with Crippen LogP contribution >= 0.6 is 11.6 Å². The van der Waals surface area contributed by atoms with Crippen molar-refractivity contribution in [1.82, 2.24) is 10.2 Å². The number of carboxylic acids is 1. The maximum atomic E-state index is 12.4. The second-order valence-electron chi connectivity index (χ2n) is 4.62. The van der Waals surface area contributed by atoms with Crippen LogP contribution in [0.4, 0.5) is 5.69 Å². The topological polar surface area (TPSA) is 95.1 Å². The second-order valence-corrected chi connectivity index (χ2v) is 5.06. The van der Waals surface area contributed by atoms with Gasteiger partial charge in [-0.25, -0.2) is 4.79 Å². The van der Waals surface area contributed by atoms with E-state index in [1.807, 2.05) is 0 Å². The van der Waals surface area contributed by atoms with Crippen LogP contribution in [0.5, 0.6) is 0 Å². The van der Waals surface area contributed by atoms with Crippen molar-refractivity contribution in [2.75, 3.05) is 5.32 Å². The third-order valence-electron chi connectivity index (χ3n) is 3.16. The molecule has 1 aromatic heterocycles. The fourth-order valence-corrected chi connectivity index (χ4v) is 2.32. The molecule has 22 heavy (non-hydrogen) atoms. The molecule has 2 aromatic carbocycles. The summed E-state index contributed by atoms with van der Waals surface area (Å²) in [5, 5.41) is 19.3. The van der Waals surface area contributed by atoms with Crippen LogP contribution in [0.15, 0.2) is 42.6 Å². The quantitative estimate of drug-likeness (QED) is 0.691. The summed E-state index contributed by atoms with van der Waals surface area (Å²) in [4.78, 5) is 23.2. The lowest BCUT2D eigenvalue weighted by Gasteiger charge is -2.07. The van der Waals surface area contributed by atoms with E-state index in [0.29, 0.717) is 27.2 Å². The van der Waals surface area contributed by atoms with Crippen molar-refractivity contribution in [3.63, 3.8) is 0 Å². The van der Waals surface area contributed by atoms with E-state index in [1.54, 1.807) is 18.3 Å². The number of amides is 1. The standard InChI is InChI=1S/C15H10ClN3O3/c16-9-5-11(12-7-17-19-13(12)6-9)14(20)18-10-3-1-8(2-4-10)15(21)22/h1-7H,(H,17,19)(H,18,20)(H,21,22). The average molecular weight is 316 g/mol. The fraction of sp³-hybridized carbons (Fsp3) is 0. The van der Waals surface area contributed by atoms with Gasteiger partial charge in [0.2, 0.25) is 0 Å². The predicted octanol–water partition coefficient (Wildman–Crippen LogP) is 3.17. The SMILES string of the molecule is O=C(O)c1ccc(NC(=O)c2cc(Cl)cc3[nH]ncc23)cc1. The van der Waals surface area contributed by atoms with E-state index < -0.39 is 5.97 Å². The van der Waals surface area contributed by atoms with Crippen molar-refractivity contribution in [3.05, 3.63) is 58.7 Å². The number of halogens is 1. The number of H-pyrrole nitrogens is 1. The summed E-state index contributed by atoms with van der Waals surface area (Å²) in [5.41, 5.74) is 1.70. The Morgan fingerprint density at radius 3 is 2.59 bits per heavy atom. The molecule has 0 aliphatic carbocycles. The van der Waals surface area contributed by atoms with Gasteiger partial charge in [0.25, 0.3) is 5.91 Å². The van der Waals surface area contributed by atoms with Crippen molar-refractivity contribution in [3.8, 4) is 0 Å². The number of aromatic amines is 1. The highest BCUT2D eigenvalue weighted by atomic mass is 35.5. The minimum atomic E-state index is -1.02. The number of hydrogen-bond acceptors (Lipinski definition) is 3. The molecule has 0 aliphatic heterocycles. The van der Waals surface area contributed by atoms with Crippen molar-refractivity contribution < 1.29 is 14.7 Å². The summed E-state index contributed by atoms with van der Waals surface area (Å²) in [7, 11) is 0. The minimum absolute atomic E-state index is 0.151. The molecule has 3 aromatic rings. The first kappa shape index (κ1) is 14.1. The smallest absolute Gasteiger partial charge is 0.335 e. The molecule has 0 spiro atoms. The molecular weight excluding hydrogens is 306 g/mol. The highest BCUT2D eigenvalue weighted by Gasteiger charge is 2.13. The molecular formula is C15H10ClN3O3. The van der Waals surface area contributed by atoms with Gasteiger partial charge in [0.05, 0.1) is 22.8 Å². The Hall–Kier alpha value is -2.86. The maximum Gasteiger partial charge on any atom is 0.335 e. The molecule has 1 heterocycles. The second kappa shape index (κ2) is 5.50. The zero-order valence-corrected chi connectivity index (χ0v) is 11.9. The maximum absolute atomic E-state index is 12.4. The molecule has 0 atom stereocenters. The number of nitrogens with one attached hydrogen (secondary N) is 2. The summed E-state index contributed by atoms with van der Waals surface area (Å²) < 4.78 is 0. The molecule has 6 nitrogen and oxygen atoms in total. The Balaban J connectivity index is 1.90. The highest BCUT2D eigenvalue weighted by Crippen LogP contribution is 2.23. The fourth-order valence-electron chi connectivity index (χ4n) is 2.10. The first-order chi connectivity index (χ1) is 10.5. The van der Waals surface area contributed by atoms with E-state index >= 15 is 0 Å². The minimum Gasteiger partial charge on any atom is -0.478 e. The number of rotatable bonds is 3. The van der Waals surface area contributed by atoms with Crippen molar-refractivity contribution >= 4 is 40.1 Å². The lowest BCUT2D eigenvalue weighted by molar-refractivity contribution is 0.0696. The number of carbonyl (C=O) groups excluding carboxylic acids is 1. The van der Waals surface area contributed by atoms with Gasteiger partial charge in [-0.2, -0.15) is 5.10 Å². The van der Waals surface area contributed by atoms with E-state index in [1.165, 1.54) is 24.3 Å². The van der Waals surface area contributed by atoms with Crippen LogP contribution in [0.3, 0.4) is 0 Å². The number of hydrogen-bond donors (Lipinski definition) is 3. The normalized spacial score (nSPS) is 10.6. The van der Waals surface area contributed by atoms with Crippen LogP contribution in [0, 0.1) is 0 Å². The van der Waals surface area contributed by atoms with E-state index in [0.717, 1.165) is 0 Å². The van der Waals surface area contributed by atoms with Gasteiger partial charge in [-0.1, -0.05) is 11.6 Å². The molecule has 7 heteroatoms. The lowest BCUT2D eigenvalue weighted by Crippen LogP contribution is -2.12. The molecule has 0 radical (unpaired) electrons. The molecule has 0 fully saturated rings. The summed E-state index contributed by atoms with van der Waals surface area (Å²) in [6.45, 7) is 0. The van der Waals surface area contributed by atoms with Crippen LogP contribution in [0.1, 0.15) is 20.7 Å². The number of carbonyl (C=O) groups is 2. The van der Waals surface area contributed by atoms with Gasteiger partial charge in [-0.05, 0) is 36.4 Å². The van der Waals surface area contributed by atoms with Crippen LogP contribution in [0.2, 0.25) is 5.02 Å². The molecule has 0 unspecified atom stereocenters. The Morgan fingerprint density at radius 1 is 1.18 bits per heavy atom. The molecule has 110 valence electrons. The number of anilines is 1. The molecule has 0 saturated carbocycles. The first-order valence-corrected chi connectivity index (χ1v) is 6.70. The zero-order valence-electron chi connectivity index (χ0n) is 11.1. The van der Waals surface area contributed by atoms with E-state index in [4.69, 9.17) is 16.7 Å². The largest absolute Gasteiger partial charge is 0.478 e. The van der Waals surface area contributed by atoms with Crippen LogP contribution < -0.4 is 5.32 Å². The average Bonchev–Trinajstić information content (AvgIpc) is 2.94. The van der Waals surface area contributed by atoms with Gasteiger partial charge in [-0.3, -0.25) is 9.89 Å². The van der Waals surface area contributed by atoms with Gasteiger partial charge in [0, 0.05) is 16.1 Å². The van der Waals surface area contributed by atoms with E-state index in [2.05, 4.69) is 15.5 Å². The Labute approximate surface area is 129 Å². The van der Waals surface area contributed by atoms with Crippen LogP contribution in [-0.4, -0.2) is 27.2 Å². The summed E-state index contributed by atoms with van der Waals surface area (Å²) >= 11 is 5.99. The number of aromatic nitrogens is 2. The van der Waals surface area contributed by atoms with Crippen molar-refractivity contribution in [1.29, 1.82) is 0 Å².